The zero-order valence-corrected chi connectivity index (χ0v) is 18.8. The van der Waals surface area contributed by atoms with E-state index in [4.69, 9.17) is 4.74 Å². The van der Waals surface area contributed by atoms with Crippen molar-refractivity contribution in [3.63, 3.8) is 0 Å². The Balaban J connectivity index is 1.77. The Labute approximate surface area is 179 Å². The minimum atomic E-state index is -3.66. The highest BCUT2D eigenvalue weighted by atomic mass is 32.2. The molecule has 0 saturated carbocycles. The summed E-state index contributed by atoms with van der Waals surface area (Å²) in [6.07, 6.45) is 4.46. The molecule has 0 saturated heterocycles. The molecule has 1 amide bonds. The Morgan fingerprint density at radius 1 is 1.10 bits per heavy atom. The van der Waals surface area contributed by atoms with Crippen molar-refractivity contribution in [1.82, 2.24) is 5.32 Å². The van der Waals surface area contributed by atoms with E-state index in [1.807, 2.05) is 19.9 Å². The van der Waals surface area contributed by atoms with Crippen molar-refractivity contribution in [3.8, 4) is 5.75 Å². The average molecular weight is 431 g/mol. The minimum absolute atomic E-state index is 0.215. The molecule has 0 fully saturated rings. The van der Waals surface area contributed by atoms with Gasteiger partial charge in [-0.1, -0.05) is 18.2 Å². The largest absolute Gasteiger partial charge is 0.494 e. The lowest BCUT2D eigenvalue weighted by molar-refractivity contribution is -0.122. The van der Waals surface area contributed by atoms with E-state index in [1.165, 1.54) is 17.5 Å². The van der Waals surface area contributed by atoms with Crippen LogP contribution in [-0.2, 0) is 27.7 Å². The molecular weight excluding hydrogens is 400 g/mol. The fourth-order valence-corrected chi connectivity index (χ4v) is 5.12. The molecule has 7 heteroatoms. The highest BCUT2D eigenvalue weighted by molar-refractivity contribution is 7.92. The number of carbonyl (C=O) groups excluding carboxylic acids is 1. The SMILES string of the molecule is CCOc1ccc(N([C@@H](C)C(=O)N[C@@H](C)c2ccc3c(c2)CCC3)S(C)(=O)=O)cc1. The number of benzene rings is 2. The van der Waals surface area contributed by atoms with E-state index in [1.54, 1.807) is 31.2 Å². The summed E-state index contributed by atoms with van der Waals surface area (Å²) in [6.45, 7) is 5.92. The van der Waals surface area contributed by atoms with Crippen LogP contribution < -0.4 is 14.4 Å². The number of aryl methyl sites for hydroxylation is 2. The van der Waals surface area contributed by atoms with Gasteiger partial charge in [0.2, 0.25) is 15.9 Å². The Hall–Kier alpha value is -2.54. The average Bonchev–Trinajstić information content (AvgIpc) is 3.16. The molecule has 2 aromatic rings. The van der Waals surface area contributed by atoms with Crippen LogP contribution in [0, 0.1) is 0 Å². The summed E-state index contributed by atoms with van der Waals surface area (Å²) in [7, 11) is -3.66. The third-order valence-electron chi connectivity index (χ3n) is 5.47. The molecule has 0 aliphatic heterocycles. The van der Waals surface area contributed by atoms with E-state index < -0.39 is 16.1 Å². The van der Waals surface area contributed by atoms with Gasteiger partial charge in [-0.15, -0.1) is 0 Å². The summed E-state index contributed by atoms with van der Waals surface area (Å²) in [5, 5.41) is 2.97. The number of anilines is 1. The maximum absolute atomic E-state index is 12.9. The number of fused-ring (bicyclic) bond motifs is 1. The Bertz CT molecular complexity index is 1000. The minimum Gasteiger partial charge on any atom is -0.494 e. The number of carbonyl (C=O) groups is 1. The van der Waals surface area contributed by atoms with E-state index >= 15 is 0 Å². The summed E-state index contributed by atoms with van der Waals surface area (Å²) in [4.78, 5) is 12.9. The van der Waals surface area contributed by atoms with Crippen molar-refractivity contribution >= 4 is 21.6 Å². The predicted octanol–water partition coefficient (Wildman–Crippen LogP) is 3.61. The first-order valence-corrected chi connectivity index (χ1v) is 12.2. The van der Waals surface area contributed by atoms with Gasteiger partial charge in [-0.2, -0.15) is 0 Å². The molecule has 0 bridgehead atoms. The van der Waals surface area contributed by atoms with Crippen LogP contribution in [0.2, 0.25) is 0 Å². The number of amides is 1. The van der Waals surface area contributed by atoms with Crippen LogP contribution in [0.25, 0.3) is 0 Å². The first-order chi connectivity index (χ1) is 14.2. The molecule has 2 aromatic carbocycles. The van der Waals surface area contributed by atoms with Crippen molar-refractivity contribution < 1.29 is 17.9 Å². The second-order valence-electron chi connectivity index (χ2n) is 7.77. The number of hydrogen-bond acceptors (Lipinski definition) is 4. The van der Waals surface area contributed by atoms with Gasteiger partial charge in [0.05, 0.1) is 24.6 Å². The van der Waals surface area contributed by atoms with Gasteiger partial charge in [0, 0.05) is 0 Å². The van der Waals surface area contributed by atoms with E-state index in [2.05, 4.69) is 17.4 Å². The Morgan fingerprint density at radius 2 is 1.77 bits per heavy atom. The van der Waals surface area contributed by atoms with Crippen LogP contribution in [-0.4, -0.2) is 33.2 Å². The highest BCUT2D eigenvalue weighted by Crippen LogP contribution is 2.27. The molecule has 3 rings (SSSR count). The van der Waals surface area contributed by atoms with E-state index in [0.29, 0.717) is 18.0 Å². The maximum atomic E-state index is 12.9. The fraction of sp³-hybridized carbons (Fsp3) is 0.435. The molecule has 1 aliphatic rings. The third-order valence-corrected chi connectivity index (χ3v) is 6.71. The number of sulfonamides is 1. The third kappa shape index (κ3) is 4.95. The van der Waals surface area contributed by atoms with Crippen LogP contribution in [0.4, 0.5) is 5.69 Å². The molecule has 0 aromatic heterocycles. The maximum Gasteiger partial charge on any atom is 0.244 e. The monoisotopic (exact) mass is 430 g/mol. The standard InChI is InChI=1S/C23H30N2O4S/c1-5-29-22-13-11-21(12-14-22)25(30(4,27)28)17(3)23(26)24-16(2)19-10-9-18-7-6-8-20(18)15-19/h9-17H,5-8H2,1-4H3,(H,24,26)/t16-,17-/m0/s1. The summed E-state index contributed by atoms with van der Waals surface area (Å²) in [5.41, 5.74) is 4.18. The number of hydrogen-bond donors (Lipinski definition) is 1. The second kappa shape index (κ2) is 9.08. The van der Waals surface area contributed by atoms with Gasteiger partial charge >= 0.3 is 0 Å². The first-order valence-electron chi connectivity index (χ1n) is 10.3. The molecule has 1 aliphatic carbocycles. The zero-order valence-electron chi connectivity index (χ0n) is 18.0. The molecule has 162 valence electrons. The van der Waals surface area contributed by atoms with Crippen molar-refractivity contribution in [2.75, 3.05) is 17.2 Å². The smallest absolute Gasteiger partial charge is 0.244 e. The topological polar surface area (TPSA) is 75.7 Å². The van der Waals surface area contributed by atoms with Crippen molar-refractivity contribution in [1.29, 1.82) is 0 Å². The first kappa shape index (κ1) is 22.2. The van der Waals surface area contributed by atoms with Crippen molar-refractivity contribution in [3.05, 3.63) is 59.2 Å². The lowest BCUT2D eigenvalue weighted by Crippen LogP contribution is -2.48. The molecule has 0 heterocycles. The molecule has 6 nitrogen and oxygen atoms in total. The quantitative estimate of drug-likeness (QED) is 0.694. The van der Waals surface area contributed by atoms with Gasteiger partial charge in [-0.3, -0.25) is 9.10 Å². The molecule has 2 atom stereocenters. The van der Waals surface area contributed by atoms with E-state index in [9.17, 15) is 13.2 Å². The highest BCUT2D eigenvalue weighted by Gasteiger charge is 2.30. The van der Waals surface area contributed by atoms with Crippen LogP contribution >= 0.6 is 0 Å². The van der Waals surface area contributed by atoms with Gasteiger partial charge < -0.3 is 10.1 Å². The zero-order chi connectivity index (χ0) is 21.9. The van der Waals surface area contributed by atoms with Gasteiger partial charge in [-0.05, 0) is 81.0 Å². The van der Waals surface area contributed by atoms with Crippen LogP contribution in [0.5, 0.6) is 5.75 Å². The summed E-state index contributed by atoms with van der Waals surface area (Å²) < 4.78 is 31.5. The van der Waals surface area contributed by atoms with Crippen LogP contribution in [0.15, 0.2) is 42.5 Å². The molecule has 0 spiro atoms. The van der Waals surface area contributed by atoms with E-state index in [-0.39, 0.29) is 11.9 Å². The van der Waals surface area contributed by atoms with Gasteiger partial charge in [0.15, 0.2) is 0 Å². The predicted molar refractivity (Wildman–Crippen MR) is 119 cm³/mol. The molecule has 30 heavy (non-hydrogen) atoms. The lowest BCUT2D eigenvalue weighted by atomic mass is 10.0. The van der Waals surface area contributed by atoms with Crippen molar-refractivity contribution in [2.45, 2.75) is 52.1 Å². The second-order valence-corrected chi connectivity index (χ2v) is 9.63. The lowest BCUT2D eigenvalue weighted by Gasteiger charge is -2.29. The molecule has 0 unspecified atom stereocenters. The number of rotatable bonds is 8. The molecular formula is C23H30N2O4S. The summed E-state index contributed by atoms with van der Waals surface area (Å²) in [6, 6.07) is 11.9. The summed E-state index contributed by atoms with van der Waals surface area (Å²) >= 11 is 0. The van der Waals surface area contributed by atoms with Crippen LogP contribution in [0.3, 0.4) is 0 Å². The van der Waals surface area contributed by atoms with Crippen molar-refractivity contribution in [2.24, 2.45) is 0 Å². The fourth-order valence-electron chi connectivity index (χ4n) is 3.94. The Kier molecular flexibility index (Phi) is 6.71. The van der Waals surface area contributed by atoms with Crippen LogP contribution in [0.1, 0.15) is 49.9 Å². The number of nitrogens with one attached hydrogen (secondary N) is 1. The van der Waals surface area contributed by atoms with Gasteiger partial charge in [-0.25, -0.2) is 8.42 Å². The normalized spacial score (nSPS) is 15.2. The molecule has 1 N–H and O–H groups in total. The number of nitrogens with zero attached hydrogens (tertiary/aromatic N) is 1. The number of ether oxygens (including phenoxy) is 1. The summed E-state index contributed by atoms with van der Waals surface area (Å²) in [5.74, 6) is 0.305. The van der Waals surface area contributed by atoms with Gasteiger partial charge in [0.25, 0.3) is 0 Å². The van der Waals surface area contributed by atoms with E-state index in [0.717, 1.165) is 29.0 Å². The van der Waals surface area contributed by atoms with Gasteiger partial charge in [0.1, 0.15) is 11.8 Å². The Morgan fingerprint density at radius 3 is 2.40 bits per heavy atom. The molecule has 0 radical (unpaired) electrons.